The molecule has 1 N–H and O–H groups in total. The topological polar surface area (TPSA) is 95.4 Å². The van der Waals surface area contributed by atoms with Gasteiger partial charge in [-0.2, -0.15) is 15.1 Å². The Morgan fingerprint density at radius 1 is 1.24 bits per heavy atom. The van der Waals surface area contributed by atoms with Crippen LogP contribution < -0.4 is 4.74 Å². The number of rotatable bonds is 3. The van der Waals surface area contributed by atoms with E-state index in [9.17, 15) is 4.79 Å². The molecule has 0 spiro atoms. The third kappa shape index (κ3) is 2.88. The monoisotopic (exact) mass is 422 g/mol. The number of nitrogens with one attached hydrogen (secondary N) is 1. The van der Waals surface area contributed by atoms with Gasteiger partial charge in [-0.3, -0.25) is 14.6 Å². The number of thioether (sulfide) groups is 1. The minimum atomic E-state index is -0.457. The van der Waals surface area contributed by atoms with Crippen LogP contribution in [-0.4, -0.2) is 44.0 Å². The maximum atomic E-state index is 12.6. The van der Waals surface area contributed by atoms with Gasteiger partial charge < -0.3 is 4.74 Å². The van der Waals surface area contributed by atoms with Crippen molar-refractivity contribution in [2.75, 3.05) is 7.11 Å². The molecule has 8 nitrogen and oxygen atoms in total. The van der Waals surface area contributed by atoms with E-state index in [2.05, 4.69) is 10.1 Å². The van der Waals surface area contributed by atoms with Gasteiger partial charge in [0.25, 0.3) is 5.91 Å². The lowest BCUT2D eigenvalue weighted by Crippen LogP contribution is -2.35. The third-order valence-corrected chi connectivity index (χ3v) is 6.09. The van der Waals surface area contributed by atoms with E-state index in [1.807, 2.05) is 41.8 Å². The largest absolute Gasteiger partial charge is 0.497 e. The van der Waals surface area contributed by atoms with Crippen molar-refractivity contribution in [1.29, 1.82) is 5.41 Å². The molecule has 0 fully saturated rings. The maximum absolute atomic E-state index is 12.6. The Bertz CT molecular complexity index is 1270. The van der Waals surface area contributed by atoms with Gasteiger partial charge in [-0.15, -0.1) is 11.3 Å². The number of thiazole rings is 1. The predicted octanol–water partition coefficient (Wildman–Crippen LogP) is 3.63. The van der Waals surface area contributed by atoms with Crippen molar-refractivity contribution in [3.05, 3.63) is 46.6 Å². The molecule has 2 aliphatic heterocycles. The van der Waals surface area contributed by atoms with Crippen molar-refractivity contribution >= 4 is 56.6 Å². The number of hydrazone groups is 1. The van der Waals surface area contributed by atoms with Crippen molar-refractivity contribution in [1.82, 2.24) is 14.4 Å². The molecule has 0 atom stereocenters. The highest BCUT2D eigenvalue weighted by Crippen LogP contribution is 2.32. The van der Waals surface area contributed by atoms with Crippen LogP contribution in [0.5, 0.6) is 5.75 Å². The lowest BCUT2D eigenvalue weighted by atomic mass is 10.1. The number of benzene rings is 1. The first-order chi connectivity index (χ1) is 14.0. The lowest BCUT2D eigenvalue weighted by Gasteiger charge is -2.20. The standard InChI is InChI=1S/C19H14N6O2S2/c1-10-8-24-14(7-13-16(20)25-19(23-17(13)26)28-9-21-25)15(22-18(24)29-10)11-3-5-12(27-2)6-4-11/h3-9,20H,1-2H3. The van der Waals surface area contributed by atoms with Gasteiger partial charge in [-0.05, 0) is 49.0 Å². The Morgan fingerprint density at radius 3 is 2.79 bits per heavy atom. The number of aryl methyl sites for hydroxylation is 1. The number of amidine groups is 2. The number of nitrogens with zero attached hydrogens (tertiary/aromatic N) is 5. The Kier molecular flexibility index (Phi) is 4.10. The number of imidazole rings is 1. The number of aliphatic imine (C=N–C) groups is 1. The summed E-state index contributed by atoms with van der Waals surface area (Å²) in [6.07, 6.45) is 3.65. The molecule has 0 saturated heterocycles. The Hall–Kier alpha value is -3.24. The molecule has 10 heteroatoms. The third-order valence-electron chi connectivity index (χ3n) is 4.52. The highest BCUT2D eigenvalue weighted by Gasteiger charge is 2.33. The number of carbonyl (C=O) groups excluding carboxylic acids is 1. The molecule has 1 aromatic carbocycles. The fraction of sp³-hybridized carbons (Fsp3) is 0.105. The first-order valence-corrected chi connectivity index (χ1v) is 10.3. The second-order valence-electron chi connectivity index (χ2n) is 6.33. The molecular formula is C19H14N6O2S2. The molecule has 4 heterocycles. The summed E-state index contributed by atoms with van der Waals surface area (Å²) in [4.78, 5) is 23.3. The number of fused-ring (bicyclic) bond motifs is 2. The van der Waals surface area contributed by atoms with E-state index in [0.29, 0.717) is 5.17 Å². The van der Waals surface area contributed by atoms with Crippen molar-refractivity contribution in [3.8, 4) is 17.0 Å². The van der Waals surface area contributed by atoms with Gasteiger partial charge in [0.2, 0.25) is 0 Å². The number of hydrogen-bond acceptors (Lipinski definition) is 7. The molecule has 2 aromatic heterocycles. The predicted molar refractivity (Wildman–Crippen MR) is 116 cm³/mol. The van der Waals surface area contributed by atoms with Crippen LogP contribution in [0.25, 0.3) is 22.3 Å². The zero-order valence-electron chi connectivity index (χ0n) is 15.4. The SMILES string of the molecule is COc1ccc(-c2nc3sc(C)cn3c2C=C2C(=N)N3N=CSC3=NC2=O)cc1. The number of methoxy groups -OCH3 is 1. The van der Waals surface area contributed by atoms with Gasteiger partial charge in [-0.1, -0.05) is 0 Å². The maximum Gasteiger partial charge on any atom is 0.283 e. The van der Waals surface area contributed by atoms with Gasteiger partial charge in [0.05, 0.1) is 29.6 Å². The normalized spacial score (nSPS) is 17.4. The lowest BCUT2D eigenvalue weighted by molar-refractivity contribution is -0.114. The minimum Gasteiger partial charge on any atom is -0.497 e. The highest BCUT2D eigenvalue weighted by molar-refractivity contribution is 8.25. The van der Waals surface area contributed by atoms with Crippen molar-refractivity contribution < 1.29 is 9.53 Å². The van der Waals surface area contributed by atoms with Crippen LogP contribution in [0.4, 0.5) is 0 Å². The van der Waals surface area contributed by atoms with E-state index in [-0.39, 0.29) is 11.4 Å². The van der Waals surface area contributed by atoms with Crippen LogP contribution in [0.2, 0.25) is 0 Å². The number of aromatic nitrogens is 2. The van der Waals surface area contributed by atoms with E-state index in [1.54, 1.807) is 30.1 Å². The van der Waals surface area contributed by atoms with Crippen molar-refractivity contribution in [2.24, 2.45) is 10.1 Å². The molecule has 0 unspecified atom stereocenters. The average Bonchev–Trinajstić information content (AvgIpc) is 3.40. The van der Waals surface area contributed by atoms with Crippen LogP contribution in [0.15, 0.2) is 46.1 Å². The number of amides is 1. The molecule has 0 saturated carbocycles. The zero-order valence-corrected chi connectivity index (χ0v) is 17.0. The van der Waals surface area contributed by atoms with Gasteiger partial charge in [0.1, 0.15) is 5.75 Å². The van der Waals surface area contributed by atoms with Crippen LogP contribution in [-0.2, 0) is 4.79 Å². The number of carbonyl (C=O) groups is 1. The molecule has 29 heavy (non-hydrogen) atoms. The van der Waals surface area contributed by atoms with Crippen LogP contribution in [0.1, 0.15) is 10.6 Å². The highest BCUT2D eigenvalue weighted by atomic mass is 32.2. The molecule has 0 bridgehead atoms. The first-order valence-electron chi connectivity index (χ1n) is 8.61. The summed E-state index contributed by atoms with van der Waals surface area (Å²) in [5, 5.41) is 14.3. The second-order valence-corrected chi connectivity index (χ2v) is 8.35. The summed E-state index contributed by atoms with van der Waals surface area (Å²) in [5.41, 5.74) is 4.07. The summed E-state index contributed by atoms with van der Waals surface area (Å²) in [7, 11) is 1.62. The number of hydrogen-bond donors (Lipinski definition) is 1. The zero-order chi connectivity index (χ0) is 20.1. The summed E-state index contributed by atoms with van der Waals surface area (Å²) in [6, 6.07) is 7.58. The van der Waals surface area contributed by atoms with E-state index < -0.39 is 5.91 Å². The van der Waals surface area contributed by atoms with E-state index in [1.165, 1.54) is 16.8 Å². The molecular weight excluding hydrogens is 408 g/mol. The van der Waals surface area contributed by atoms with E-state index in [0.717, 1.165) is 32.5 Å². The summed E-state index contributed by atoms with van der Waals surface area (Å²) in [5.74, 6) is 0.298. The van der Waals surface area contributed by atoms with Crippen molar-refractivity contribution in [2.45, 2.75) is 6.92 Å². The summed E-state index contributed by atoms with van der Waals surface area (Å²) >= 11 is 2.78. The van der Waals surface area contributed by atoms with E-state index in [4.69, 9.17) is 15.1 Å². The van der Waals surface area contributed by atoms with Gasteiger partial charge >= 0.3 is 0 Å². The smallest absolute Gasteiger partial charge is 0.283 e. The van der Waals surface area contributed by atoms with Crippen LogP contribution in [0.3, 0.4) is 0 Å². The molecule has 3 aromatic rings. The summed E-state index contributed by atoms with van der Waals surface area (Å²) < 4.78 is 7.18. The Balaban J connectivity index is 1.69. The second kappa shape index (κ2) is 6.68. The Morgan fingerprint density at radius 2 is 2.03 bits per heavy atom. The first kappa shape index (κ1) is 17.8. The fourth-order valence-electron chi connectivity index (χ4n) is 3.15. The average molecular weight is 422 g/mol. The van der Waals surface area contributed by atoms with Crippen LogP contribution in [0, 0.1) is 12.3 Å². The molecule has 144 valence electrons. The van der Waals surface area contributed by atoms with E-state index >= 15 is 0 Å². The van der Waals surface area contributed by atoms with Crippen molar-refractivity contribution in [3.63, 3.8) is 0 Å². The van der Waals surface area contributed by atoms with Gasteiger partial charge in [0.15, 0.2) is 16.0 Å². The van der Waals surface area contributed by atoms with Crippen LogP contribution >= 0.6 is 23.1 Å². The summed E-state index contributed by atoms with van der Waals surface area (Å²) in [6.45, 7) is 2.00. The Labute approximate surface area is 173 Å². The van der Waals surface area contributed by atoms with Gasteiger partial charge in [-0.25, -0.2) is 4.98 Å². The minimum absolute atomic E-state index is 0.00355. The molecule has 5 rings (SSSR count). The number of ether oxygens (including phenoxy) is 1. The molecule has 0 aliphatic carbocycles. The molecule has 1 amide bonds. The molecule has 2 aliphatic rings. The molecule has 0 radical (unpaired) electrons. The fourth-order valence-corrected chi connectivity index (χ4v) is 4.59. The quantitative estimate of drug-likeness (QED) is 0.651. The van der Waals surface area contributed by atoms with Gasteiger partial charge in [0, 0.05) is 16.6 Å².